The fourth-order valence-corrected chi connectivity index (χ4v) is 2.21. The summed E-state index contributed by atoms with van der Waals surface area (Å²) in [5, 5.41) is 3.83. The van der Waals surface area contributed by atoms with E-state index in [9.17, 15) is 4.79 Å². The number of methoxy groups -OCH3 is 1. The van der Waals surface area contributed by atoms with Crippen molar-refractivity contribution in [2.75, 3.05) is 7.11 Å². The van der Waals surface area contributed by atoms with Crippen LogP contribution in [-0.2, 0) is 0 Å². The van der Waals surface area contributed by atoms with Gasteiger partial charge in [-0.1, -0.05) is 12.1 Å². The zero-order valence-electron chi connectivity index (χ0n) is 8.27. The Kier molecular flexibility index (Phi) is 2.83. The highest BCUT2D eigenvalue weighted by Crippen LogP contribution is 2.27. The van der Waals surface area contributed by atoms with Crippen LogP contribution in [0.1, 0.15) is 10.4 Å². The molecule has 1 aromatic carbocycles. The van der Waals surface area contributed by atoms with Gasteiger partial charge >= 0.3 is 0 Å². The topological polar surface area (TPSA) is 26.3 Å². The summed E-state index contributed by atoms with van der Waals surface area (Å²) >= 11 is 1.53. The molecule has 2 aromatic rings. The number of hydrogen-bond acceptors (Lipinski definition) is 3. The van der Waals surface area contributed by atoms with E-state index in [4.69, 9.17) is 4.74 Å². The van der Waals surface area contributed by atoms with Gasteiger partial charge in [0.1, 0.15) is 5.75 Å². The molecule has 0 aliphatic rings. The first-order valence-corrected chi connectivity index (χ1v) is 5.45. The average molecular weight is 218 g/mol. The van der Waals surface area contributed by atoms with Gasteiger partial charge in [-0.05, 0) is 23.1 Å². The van der Waals surface area contributed by atoms with Crippen molar-refractivity contribution in [1.82, 2.24) is 0 Å². The number of benzene rings is 1. The average Bonchev–Trinajstić information content (AvgIpc) is 2.77. The maximum absolute atomic E-state index is 10.8. The van der Waals surface area contributed by atoms with E-state index in [1.807, 2.05) is 35.0 Å². The van der Waals surface area contributed by atoms with Crippen LogP contribution in [0.25, 0.3) is 11.1 Å². The molecular weight excluding hydrogens is 208 g/mol. The molecule has 2 rings (SSSR count). The highest BCUT2D eigenvalue weighted by molar-refractivity contribution is 7.08. The molecular formula is C12H10O2S. The molecule has 0 aliphatic carbocycles. The quantitative estimate of drug-likeness (QED) is 0.739. The summed E-state index contributed by atoms with van der Waals surface area (Å²) in [5.74, 6) is 0.821. The second kappa shape index (κ2) is 4.28. The molecule has 0 aliphatic heterocycles. The number of carbonyl (C=O) groups is 1. The molecule has 3 heteroatoms. The van der Waals surface area contributed by atoms with Crippen molar-refractivity contribution < 1.29 is 9.53 Å². The smallest absolute Gasteiger partial charge is 0.151 e. The van der Waals surface area contributed by atoms with Crippen molar-refractivity contribution in [3.8, 4) is 16.9 Å². The lowest BCUT2D eigenvalue weighted by atomic mass is 10.1. The van der Waals surface area contributed by atoms with Crippen LogP contribution >= 0.6 is 11.3 Å². The molecule has 0 amide bonds. The van der Waals surface area contributed by atoms with E-state index in [1.54, 1.807) is 7.11 Å². The SMILES string of the molecule is COc1ccc(-c2cscc2C=O)cc1. The Bertz CT molecular complexity index is 457. The third-order valence-corrected chi connectivity index (χ3v) is 2.98. The van der Waals surface area contributed by atoms with Crippen molar-refractivity contribution in [1.29, 1.82) is 0 Å². The van der Waals surface area contributed by atoms with Crippen LogP contribution < -0.4 is 4.74 Å². The molecule has 2 nitrogen and oxygen atoms in total. The normalized spacial score (nSPS) is 9.93. The largest absolute Gasteiger partial charge is 0.497 e. The summed E-state index contributed by atoms with van der Waals surface area (Å²) in [6, 6.07) is 7.69. The van der Waals surface area contributed by atoms with Gasteiger partial charge < -0.3 is 4.74 Å². The highest BCUT2D eigenvalue weighted by atomic mass is 32.1. The Balaban J connectivity index is 2.41. The molecule has 0 saturated heterocycles. The van der Waals surface area contributed by atoms with Crippen LogP contribution in [0.5, 0.6) is 5.75 Å². The van der Waals surface area contributed by atoms with Gasteiger partial charge in [0.15, 0.2) is 6.29 Å². The van der Waals surface area contributed by atoms with Gasteiger partial charge in [-0.2, -0.15) is 11.3 Å². The number of rotatable bonds is 3. The van der Waals surface area contributed by atoms with E-state index in [1.165, 1.54) is 11.3 Å². The monoisotopic (exact) mass is 218 g/mol. The number of carbonyl (C=O) groups excluding carboxylic acids is 1. The second-order valence-electron chi connectivity index (χ2n) is 3.09. The lowest BCUT2D eigenvalue weighted by Crippen LogP contribution is -1.84. The van der Waals surface area contributed by atoms with E-state index in [0.29, 0.717) is 0 Å². The van der Waals surface area contributed by atoms with Crippen LogP contribution in [0.3, 0.4) is 0 Å². The van der Waals surface area contributed by atoms with Gasteiger partial charge in [0.25, 0.3) is 0 Å². The Morgan fingerprint density at radius 3 is 2.53 bits per heavy atom. The molecule has 76 valence electrons. The summed E-state index contributed by atoms with van der Waals surface area (Å²) in [6.07, 6.45) is 0.885. The van der Waals surface area contributed by atoms with Crippen LogP contribution in [0.4, 0.5) is 0 Å². The van der Waals surface area contributed by atoms with Crippen molar-refractivity contribution in [2.24, 2.45) is 0 Å². The fraction of sp³-hybridized carbons (Fsp3) is 0.0833. The summed E-state index contributed by atoms with van der Waals surface area (Å²) < 4.78 is 5.08. The molecule has 0 fully saturated rings. The van der Waals surface area contributed by atoms with Crippen molar-refractivity contribution in [2.45, 2.75) is 0 Å². The van der Waals surface area contributed by atoms with Gasteiger partial charge in [0.05, 0.1) is 7.11 Å². The van der Waals surface area contributed by atoms with Crippen molar-refractivity contribution >= 4 is 17.6 Å². The number of ether oxygens (including phenoxy) is 1. The third kappa shape index (κ3) is 1.92. The summed E-state index contributed by atoms with van der Waals surface area (Å²) in [6.45, 7) is 0. The van der Waals surface area contributed by atoms with Gasteiger partial charge in [0, 0.05) is 16.5 Å². The maximum Gasteiger partial charge on any atom is 0.151 e. The summed E-state index contributed by atoms with van der Waals surface area (Å²) in [7, 11) is 1.64. The zero-order chi connectivity index (χ0) is 10.7. The molecule has 0 bridgehead atoms. The molecule has 0 unspecified atom stereocenters. The van der Waals surface area contributed by atoms with Crippen molar-refractivity contribution in [3.63, 3.8) is 0 Å². The second-order valence-corrected chi connectivity index (χ2v) is 3.83. The molecule has 0 saturated carbocycles. The van der Waals surface area contributed by atoms with E-state index >= 15 is 0 Å². The molecule has 1 heterocycles. The first-order chi connectivity index (χ1) is 7.35. The van der Waals surface area contributed by atoms with Gasteiger partial charge in [-0.3, -0.25) is 4.79 Å². The number of thiophene rings is 1. The zero-order valence-corrected chi connectivity index (χ0v) is 9.08. The van der Waals surface area contributed by atoms with Crippen molar-refractivity contribution in [3.05, 3.63) is 40.6 Å². The Morgan fingerprint density at radius 2 is 1.93 bits per heavy atom. The molecule has 0 spiro atoms. The van der Waals surface area contributed by atoms with E-state index in [0.717, 1.165) is 28.7 Å². The van der Waals surface area contributed by atoms with Gasteiger partial charge in [-0.15, -0.1) is 0 Å². The van der Waals surface area contributed by atoms with Crippen LogP contribution in [0, 0.1) is 0 Å². The third-order valence-electron chi connectivity index (χ3n) is 2.22. The predicted octanol–water partition coefficient (Wildman–Crippen LogP) is 3.24. The number of aldehydes is 1. The summed E-state index contributed by atoms with van der Waals surface area (Å²) in [4.78, 5) is 10.8. The lowest BCUT2D eigenvalue weighted by Gasteiger charge is -2.02. The molecule has 0 N–H and O–H groups in total. The van der Waals surface area contributed by atoms with E-state index in [2.05, 4.69) is 0 Å². The maximum atomic E-state index is 10.8. The standard InChI is InChI=1S/C12H10O2S/c1-14-11-4-2-9(3-5-11)12-8-15-7-10(12)6-13/h2-8H,1H3. The van der Waals surface area contributed by atoms with Gasteiger partial charge in [-0.25, -0.2) is 0 Å². The minimum Gasteiger partial charge on any atom is -0.497 e. The molecule has 0 radical (unpaired) electrons. The minimum absolute atomic E-state index is 0.741. The van der Waals surface area contributed by atoms with E-state index in [-0.39, 0.29) is 0 Å². The van der Waals surface area contributed by atoms with Gasteiger partial charge in [0.2, 0.25) is 0 Å². The van der Waals surface area contributed by atoms with Crippen LogP contribution in [0.2, 0.25) is 0 Å². The summed E-state index contributed by atoms with van der Waals surface area (Å²) in [5.41, 5.74) is 2.77. The Morgan fingerprint density at radius 1 is 1.20 bits per heavy atom. The predicted molar refractivity (Wildman–Crippen MR) is 61.7 cm³/mol. The highest BCUT2D eigenvalue weighted by Gasteiger charge is 2.05. The minimum atomic E-state index is 0.741. The molecule has 15 heavy (non-hydrogen) atoms. The van der Waals surface area contributed by atoms with Crippen LogP contribution in [-0.4, -0.2) is 13.4 Å². The molecule has 1 aromatic heterocycles. The first-order valence-electron chi connectivity index (χ1n) is 4.51. The molecule has 0 atom stereocenters. The fourth-order valence-electron chi connectivity index (χ4n) is 1.40. The Hall–Kier alpha value is -1.61. The number of hydrogen-bond donors (Lipinski definition) is 0. The Labute approximate surface area is 92.1 Å². The first kappa shape index (κ1) is 9.93. The van der Waals surface area contributed by atoms with Crippen LogP contribution in [0.15, 0.2) is 35.0 Å². The van der Waals surface area contributed by atoms with E-state index < -0.39 is 0 Å². The lowest BCUT2D eigenvalue weighted by molar-refractivity contribution is 0.112.